The van der Waals surface area contributed by atoms with Crippen molar-refractivity contribution in [3.05, 3.63) is 24.3 Å². The zero-order chi connectivity index (χ0) is 14.2. The Morgan fingerprint density at radius 1 is 1.30 bits per heavy atom. The molecule has 0 bridgehead atoms. The lowest BCUT2D eigenvalue weighted by Gasteiger charge is -2.25. The number of amides is 1. The number of anilines is 1. The molecule has 0 radical (unpaired) electrons. The van der Waals surface area contributed by atoms with Crippen LogP contribution in [0.1, 0.15) is 12.8 Å². The van der Waals surface area contributed by atoms with Crippen molar-refractivity contribution < 1.29 is 13.2 Å². The van der Waals surface area contributed by atoms with Crippen LogP contribution >= 0.6 is 11.8 Å². The Morgan fingerprint density at radius 2 is 2.10 bits per heavy atom. The molecule has 1 saturated heterocycles. The number of nitrogens with zero attached hydrogens (tertiary/aromatic N) is 1. The van der Waals surface area contributed by atoms with E-state index in [1.54, 1.807) is 16.7 Å². The molecule has 4 nitrogen and oxygen atoms in total. The van der Waals surface area contributed by atoms with Gasteiger partial charge in [0.15, 0.2) is 9.84 Å². The van der Waals surface area contributed by atoms with Gasteiger partial charge in [-0.05, 0) is 30.7 Å². The second-order valence-corrected chi connectivity index (χ2v) is 8.63. The van der Waals surface area contributed by atoms with Crippen molar-refractivity contribution in [3.63, 3.8) is 0 Å². The quantitative estimate of drug-likeness (QED) is 0.795. The van der Waals surface area contributed by atoms with Gasteiger partial charge in [0.05, 0.1) is 23.1 Å². The molecular formula is C14H17NO3S2. The van der Waals surface area contributed by atoms with Crippen molar-refractivity contribution >= 4 is 33.2 Å². The van der Waals surface area contributed by atoms with E-state index in [1.807, 2.05) is 24.3 Å². The number of fused-ring (bicyclic) bond motifs is 1. The molecule has 0 N–H and O–H groups in total. The van der Waals surface area contributed by atoms with Crippen LogP contribution in [0.5, 0.6) is 0 Å². The first kappa shape index (κ1) is 13.9. The van der Waals surface area contributed by atoms with E-state index < -0.39 is 9.84 Å². The third-order valence-corrected chi connectivity index (χ3v) is 6.70. The molecule has 0 aliphatic carbocycles. The average molecular weight is 311 g/mol. The van der Waals surface area contributed by atoms with E-state index in [2.05, 4.69) is 0 Å². The summed E-state index contributed by atoms with van der Waals surface area (Å²) < 4.78 is 23.1. The summed E-state index contributed by atoms with van der Waals surface area (Å²) in [5, 5.41) is 0. The highest BCUT2D eigenvalue weighted by Gasteiger charge is 2.36. The molecule has 1 amide bonds. The van der Waals surface area contributed by atoms with Crippen LogP contribution in [0.2, 0.25) is 0 Å². The second-order valence-electron chi connectivity index (χ2n) is 5.26. The van der Waals surface area contributed by atoms with E-state index in [0.29, 0.717) is 13.0 Å². The standard InChI is InChI=1S/C14H17NO3S2/c16-14(11-6-9-20(17,18)10-11)15-7-3-8-19-13-5-2-1-4-12(13)15/h1-2,4-5,11H,3,6-10H2/t11-/m1/s1. The van der Waals surface area contributed by atoms with Gasteiger partial charge in [0, 0.05) is 11.4 Å². The first-order chi connectivity index (χ1) is 9.57. The number of para-hydroxylation sites is 1. The van der Waals surface area contributed by atoms with Gasteiger partial charge >= 0.3 is 0 Å². The fourth-order valence-electron chi connectivity index (χ4n) is 2.77. The summed E-state index contributed by atoms with van der Waals surface area (Å²) in [6.45, 7) is 0.680. The minimum absolute atomic E-state index is 0.0116. The first-order valence-electron chi connectivity index (χ1n) is 6.80. The summed E-state index contributed by atoms with van der Waals surface area (Å²) in [6.07, 6.45) is 1.40. The zero-order valence-electron chi connectivity index (χ0n) is 11.1. The third kappa shape index (κ3) is 2.72. The highest BCUT2D eigenvalue weighted by atomic mass is 32.2. The molecule has 0 unspecified atom stereocenters. The highest BCUT2D eigenvalue weighted by Crippen LogP contribution is 2.35. The van der Waals surface area contributed by atoms with E-state index in [0.717, 1.165) is 22.8 Å². The molecule has 6 heteroatoms. The van der Waals surface area contributed by atoms with E-state index >= 15 is 0 Å². The number of hydrogen-bond acceptors (Lipinski definition) is 4. The molecule has 20 heavy (non-hydrogen) atoms. The van der Waals surface area contributed by atoms with Crippen LogP contribution in [-0.2, 0) is 14.6 Å². The van der Waals surface area contributed by atoms with Crippen LogP contribution in [0.4, 0.5) is 5.69 Å². The summed E-state index contributed by atoms with van der Waals surface area (Å²) in [5.74, 6) is 0.756. The van der Waals surface area contributed by atoms with Crippen molar-refractivity contribution in [1.29, 1.82) is 0 Å². The maximum absolute atomic E-state index is 12.7. The summed E-state index contributed by atoms with van der Waals surface area (Å²) in [5.41, 5.74) is 0.935. The summed E-state index contributed by atoms with van der Waals surface area (Å²) >= 11 is 1.76. The van der Waals surface area contributed by atoms with Crippen LogP contribution in [-0.4, -0.2) is 38.1 Å². The molecule has 2 aliphatic heterocycles. The average Bonchev–Trinajstić information content (AvgIpc) is 2.68. The van der Waals surface area contributed by atoms with Crippen LogP contribution in [0, 0.1) is 5.92 Å². The molecule has 0 saturated carbocycles. The Labute approximate surface area is 123 Å². The molecule has 1 fully saturated rings. The van der Waals surface area contributed by atoms with Crippen molar-refractivity contribution in [1.82, 2.24) is 0 Å². The van der Waals surface area contributed by atoms with Crippen LogP contribution in [0.3, 0.4) is 0 Å². The van der Waals surface area contributed by atoms with Gasteiger partial charge in [-0.25, -0.2) is 8.42 Å². The van der Waals surface area contributed by atoms with Gasteiger partial charge in [-0.2, -0.15) is 0 Å². The van der Waals surface area contributed by atoms with Gasteiger partial charge in [-0.1, -0.05) is 12.1 Å². The summed E-state index contributed by atoms with van der Waals surface area (Å²) in [4.78, 5) is 15.6. The van der Waals surface area contributed by atoms with Gasteiger partial charge in [-0.3, -0.25) is 4.79 Å². The van der Waals surface area contributed by atoms with Crippen LogP contribution < -0.4 is 4.90 Å². The van der Waals surface area contributed by atoms with Gasteiger partial charge in [0.25, 0.3) is 0 Å². The fourth-order valence-corrected chi connectivity index (χ4v) is 5.49. The number of thioether (sulfide) groups is 1. The van der Waals surface area contributed by atoms with E-state index in [9.17, 15) is 13.2 Å². The Bertz CT molecular complexity index is 627. The topological polar surface area (TPSA) is 54.5 Å². The maximum Gasteiger partial charge on any atom is 0.231 e. The van der Waals surface area contributed by atoms with Crippen molar-refractivity contribution in [2.24, 2.45) is 5.92 Å². The predicted octanol–water partition coefficient (Wildman–Crippen LogP) is 1.95. The first-order valence-corrected chi connectivity index (χ1v) is 9.61. The monoisotopic (exact) mass is 311 g/mol. The van der Waals surface area contributed by atoms with Crippen molar-refractivity contribution in [2.75, 3.05) is 28.7 Å². The van der Waals surface area contributed by atoms with E-state index in [1.165, 1.54) is 0 Å². The Balaban J connectivity index is 1.88. The van der Waals surface area contributed by atoms with Crippen LogP contribution in [0.25, 0.3) is 0 Å². The summed E-state index contributed by atoms with van der Waals surface area (Å²) in [7, 11) is -3.02. The number of hydrogen-bond donors (Lipinski definition) is 0. The van der Waals surface area contributed by atoms with Gasteiger partial charge < -0.3 is 4.90 Å². The molecule has 1 aromatic rings. The Kier molecular flexibility index (Phi) is 3.77. The zero-order valence-corrected chi connectivity index (χ0v) is 12.8. The van der Waals surface area contributed by atoms with E-state index in [4.69, 9.17) is 0 Å². The molecule has 108 valence electrons. The lowest BCUT2D eigenvalue weighted by molar-refractivity contribution is -0.121. The molecular weight excluding hydrogens is 294 g/mol. The van der Waals surface area contributed by atoms with Gasteiger partial charge in [-0.15, -0.1) is 11.8 Å². The molecule has 1 atom stereocenters. The normalized spacial score (nSPS) is 25.0. The SMILES string of the molecule is O=C([C@@H]1CCS(=O)(=O)C1)N1CCCSc2ccccc21. The number of rotatable bonds is 1. The minimum atomic E-state index is -3.02. The Hall–Kier alpha value is -1.01. The lowest BCUT2D eigenvalue weighted by Crippen LogP contribution is -2.37. The molecule has 0 spiro atoms. The van der Waals surface area contributed by atoms with Gasteiger partial charge in [0.1, 0.15) is 0 Å². The Morgan fingerprint density at radius 3 is 2.85 bits per heavy atom. The van der Waals surface area contributed by atoms with Crippen LogP contribution in [0.15, 0.2) is 29.2 Å². The molecule has 2 heterocycles. The molecule has 0 aromatic heterocycles. The third-order valence-electron chi connectivity index (χ3n) is 3.79. The van der Waals surface area contributed by atoms with Crippen molar-refractivity contribution in [3.8, 4) is 0 Å². The number of sulfone groups is 1. The molecule has 1 aromatic carbocycles. The minimum Gasteiger partial charge on any atom is -0.311 e. The maximum atomic E-state index is 12.7. The fraction of sp³-hybridized carbons (Fsp3) is 0.500. The number of benzene rings is 1. The lowest BCUT2D eigenvalue weighted by atomic mass is 10.1. The van der Waals surface area contributed by atoms with E-state index in [-0.39, 0.29) is 23.3 Å². The number of carbonyl (C=O) groups is 1. The van der Waals surface area contributed by atoms with Gasteiger partial charge in [0.2, 0.25) is 5.91 Å². The predicted molar refractivity (Wildman–Crippen MR) is 80.9 cm³/mol. The highest BCUT2D eigenvalue weighted by molar-refractivity contribution is 7.99. The smallest absolute Gasteiger partial charge is 0.231 e. The largest absolute Gasteiger partial charge is 0.311 e. The van der Waals surface area contributed by atoms with Crippen molar-refractivity contribution in [2.45, 2.75) is 17.7 Å². The second kappa shape index (κ2) is 5.41. The molecule has 2 aliphatic rings. The number of carbonyl (C=O) groups excluding carboxylic acids is 1. The molecule has 3 rings (SSSR count). The summed E-state index contributed by atoms with van der Waals surface area (Å²) in [6, 6.07) is 7.88.